The van der Waals surface area contributed by atoms with Crippen molar-refractivity contribution in [3.05, 3.63) is 47.7 Å². The standard InChI is InChI=1S/C33H35F2N5O4/c1-7-23-26(34)12-11-19-13-22(43-18-42-6)14-24(27(19)23)29-28(35)30-25(15-36-29)31(37-38(30)5)39-16-20-9-8-10-21(17-39)40(20)32(41)44-33(2,3)4/h1,11-15,20-21H,8-10,16-18H2,2-6H3. The number of fused-ring (bicyclic) bond motifs is 4. The van der Waals surface area contributed by atoms with Crippen LogP contribution >= 0.6 is 0 Å². The lowest BCUT2D eigenvalue weighted by atomic mass is 9.91. The average Bonchev–Trinajstić information content (AvgIpc) is 3.31. The summed E-state index contributed by atoms with van der Waals surface area (Å²) in [6, 6.07) is 6.04. The number of benzene rings is 2. The third kappa shape index (κ3) is 5.17. The molecule has 4 heterocycles. The molecular weight excluding hydrogens is 568 g/mol. The predicted molar refractivity (Wildman–Crippen MR) is 164 cm³/mol. The Hall–Kier alpha value is -4.43. The summed E-state index contributed by atoms with van der Waals surface area (Å²) in [5.74, 6) is 2.20. The largest absolute Gasteiger partial charge is 0.468 e. The molecule has 2 fully saturated rings. The Bertz CT molecular complexity index is 1790. The van der Waals surface area contributed by atoms with Gasteiger partial charge in [0.2, 0.25) is 0 Å². The summed E-state index contributed by atoms with van der Waals surface area (Å²) in [7, 11) is 3.17. The minimum absolute atomic E-state index is 0.00590. The summed E-state index contributed by atoms with van der Waals surface area (Å²) in [5.41, 5.74) is -0.0389. The minimum Gasteiger partial charge on any atom is -0.468 e. The van der Waals surface area contributed by atoms with Gasteiger partial charge in [-0.3, -0.25) is 14.6 Å². The van der Waals surface area contributed by atoms with Gasteiger partial charge >= 0.3 is 6.09 Å². The van der Waals surface area contributed by atoms with E-state index in [1.807, 2.05) is 25.7 Å². The van der Waals surface area contributed by atoms with E-state index < -0.39 is 17.2 Å². The number of terminal acetylenes is 1. The van der Waals surface area contributed by atoms with Crippen LogP contribution in [0, 0.1) is 24.0 Å². The highest BCUT2D eigenvalue weighted by Gasteiger charge is 2.43. The smallest absolute Gasteiger partial charge is 0.410 e. The molecule has 0 saturated carbocycles. The van der Waals surface area contributed by atoms with Gasteiger partial charge in [0.05, 0.1) is 23.0 Å². The molecule has 2 bridgehead atoms. The minimum atomic E-state index is -0.617. The summed E-state index contributed by atoms with van der Waals surface area (Å²) >= 11 is 0. The molecule has 2 saturated heterocycles. The van der Waals surface area contributed by atoms with Crippen LogP contribution in [0.4, 0.5) is 19.4 Å². The number of nitrogens with zero attached hydrogens (tertiary/aromatic N) is 5. The lowest BCUT2D eigenvalue weighted by Crippen LogP contribution is -2.63. The number of hydrogen-bond acceptors (Lipinski definition) is 7. The van der Waals surface area contributed by atoms with E-state index in [1.165, 1.54) is 17.9 Å². The third-order valence-electron chi connectivity index (χ3n) is 8.21. The van der Waals surface area contributed by atoms with Crippen LogP contribution in [0.25, 0.3) is 32.9 Å². The van der Waals surface area contributed by atoms with Crippen molar-refractivity contribution in [2.75, 3.05) is 31.9 Å². The van der Waals surface area contributed by atoms with Gasteiger partial charge in [0.15, 0.2) is 18.4 Å². The zero-order chi connectivity index (χ0) is 31.3. The second kappa shape index (κ2) is 11.2. The van der Waals surface area contributed by atoms with Crippen molar-refractivity contribution in [2.24, 2.45) is 7.05 Å². The molecule has 0 spiro atoms. The third-order valence-corrected chi connectivity index (χ3v) is 8.21. The van der Waals surface area contributed by atoms with Gasteiger partial charge < -0.3 is 19.1 Å². The van der Waals surface area contributed by atoms with E-state index in [0.717, 1.165) is 19.3 Å². The maximum atomic E-state index is 16.6. The van der Waals surface area contributed by atoms with E-state index >= 15 is 4.39 Å². The van der Waals surface area contributed by atoms with E-state index in [-0.39, 0.29) is 41.7 Å². The average molecular weight is 604 g/mol. The Balaban J connectivity index is 1.42. The summed E-state index contributed by atoms with van der Waals surface area (Å²) in [4.78, 5) is 21.6. The number of piperidine rings is 1. The van der Waals surface area contributed by atoms with Crippen LogP contribution in [0.5, 0.6) is 5.75 Å². The number of anilines is 1. The van der Waals surface area contributed by atoms with Crippen molar-refractivity contribution in [1.29, 1.82) is 0 Å². The molecule has 0 N–H and O–H groups in total. The number of methoxy groups -OCH3 is 1. The van der Waals surface area contributed by atoms with Gasteiger partial charge in [0.25, 0.3) is 0 Å². The van der Waals surface area contributed by atoms with E-state index in [9.17, 15) is 9.18 Å². The number of pyridine rings is 1. The first-order valence-electron chi connectivity index (χ1n) is 14.6. The first-order chi connectivity index (χ1) is 21.0. The summed E-state index contributed by atoms with van der Waals surface area (Å²) in [5, 5.41) is 6.20. The van der Waals surface area contributed by atoms with Crippen molar-refractivity contribution in [3.63, 3.8) is 0 Å². The number of amides is 1. The lowest BCUT2D eigenvalue weighted by Gasteiger charge is -2.50. The number of carbonyl (C=O) groups is 1. The highest BCUT2D eigenvalue weighted by atomic mass is 19.1. The normalized spacial score (nSPS) is 18.5. The molecule has 0 aliphatic carbocycles. The Morgan fingerprint density at radius 2 is 1.89 bits per heavy atom. The zero-order valence-corrected chi connectivity index (χ0v) is 25.5. The number of halogens is 2. The fraction of sp³-hybridized carbons (Fsp3) is 0.424. The number of carbonyl (C=O) groups excluding carboxylic acids is 1. The molecule has 6 rings (SSSR count). The van der Waals surface area contributed by atoms with E-state index in [2.05, 4.69) is 15.8 Å². The van der Waals surface area contributed by atoms with Crippen LogP contribution < -0.4 is 9.64 Å². The Kier molecular flexibility index (Phi) is 7.58. The Labute approximate surface area is 254 Å². The number of aryl methyl sites for hydroxylation is 1. The van der Waals surface area contributed by atoms with Crippen LogP contribution in [-0.4, -0.2) is 70.4 Å². The van der Waals surface area contributed by atoms with Gasteiger partial charge in [0.1, 0.15) is 28.4 Å². The van der Waals surface area contributed by atoms with Crippen LogP contribution in [0.3, 0.4) is 0 Å². The van der Waals surface area contributed by atoms with Crippen molar-refractivity contribution in [3.8, 4) is 29.4 Å². The molecule has 44 heavy (non-hydrogen) atoms. The second-order valence-electron chi connectivity index (χ2n) is 12.3. The van der Waals surface area contributed by atoms with E-state index in [4.69, 9.17) is 25.7 Å². The molecular formula is C33H35F2N5O4. The van der Waals surface area contributed by atoms with Crippen LogP contribution in [0.15, 0.2) is 30.5 Å². The maximum Gasteiger partial charge on any atom is 0.410 e. The first-order valence-corrected chi connectivity index (χ1v) is 14.6. The van der Waals surface area contributed by atoms with Gasteiger partial charge in [0, 0.05) is 44.4 Å². The molecule has 11 heteroatoms. The molecule has 2 aromatic carbocycles. The summed E-state index contributed by atoms with van der Waals surface area (Å²) < 4.78 is 49.4. The number of aromatic nitrogens is 3. The summed E-state index contributed by atoms with van der Waals surface area (Å²) in [6.07, 6.45) is 9.71. The van der Waals surface area contributed by atoms with Gasteiger partial charge in [-0.15, -0.1) is 6.42 Å². The SMILES string of the molecule is C#Cc1c(F)ccc2cc(OCOC)cc(-c3ncc4c(N5CC6CCCC(C5)N6C(=O)OC(C)(C)C)nn(C)c4c3F)c12. The molecule has 1 amide bonds. The highest BCUT2D eigenvalue weighted by Crippen LogP contribution is 2.40. The Morgan fingerprint density at radius 1 is 1.16 bits per heavy atom. The molecule has 2 aromatic heterocycles. The quantitative estimate of drug-likeness (QED) is 0.204. The van der Waals surface area contributed by atoms with Gasteiger partial charge in [-0.05, 0) is 63.6 Å². The fourth-order valence-electron chi connectivity index (χ4n) is 6.47. The Morgan fingerprint density at radius 3 is 2.55 bits per heavy atom. The molecule has 0 radical (unpaired) electrons. The molecule has 4 aromatic rings. The van der Waals surface area contributed by atoms with E-state index in [1.54, 1.807) is 31.4 Å². The monoisotopic (exact) mass is 603 g/mol. The van der Waals surface area contributed by atoms with Crippen LogP contribution in [-0.2, 0) is 16.5 Å². The molecule has 2 unspecified atom stereocenters. The first kappa shape index (κ1) is 29.6. The van der Waals surface area contributed by atoms with Crippen molar-refractivity contribution >= 4 is 33.6 Å². The molecule has 2 aliphatic rings. The van der Waals surface area contributed by atoms with Crippen molar-refractivity contribution in [1.82, 2.24) is 19.7 Å². The van der Waals surface area contributed by atoms with Crippen molar-refractivity contribution in [2.45, 2.75) is 57.7 Å². The van der Waals surface area contributed by atoms with Crippen molar-refractivity contribution < 1.29 is 27.8 Å². The highest BCUT2D eigenvalue weighted by molar-refractivity contribution is 6.03. The van der Waals surface area contributed by atoms with Gasteiger partial charge in [-0.2, -0.15) is 5.10 Å². The topological polar surface area (TPSA) is 82.0 Å². The second-order valence-corrected chi connectivity index (χ2v) is 12.3. The zero-order valence-electron chi connectivity index (χ0n) is 25.5. The molecule has 2 atom stereocenters. The molecule has 230 valence electrons. The van der Waals surface area contributed by atoms with Crippen LogP contribution in [0.2, 0.25) is 0 Å². The molecule has 9 nitrogen and oxygen atoms in total. The van der Waals surface area contributed by atoms with Gasteiger partial charge in [-0.25, -0.2) is 13.6 Å². The van der Waals surface area contributed by atoms with E-state index in [0.29, 0.717) is 46.4 Å². The lowest BCUT2D eigenvalue weighted by molar-refractivity contribution is -0.00975. The molecule has 2 aliphatic heterocycles. The number of ether oxygens (including phenoxy) is 3. The predicted octanol–water partition coefficient (Wildman–Crippen LogP) is 6.01. The fourth-order valence-corrected chi connectivity index (χ4v) is 6.47. The number of rotatable bonds is 5. The number of piperazine rings is 1. The maximum absolute atomic E-state index is 16.6. The summed E-state index contributed by atoms with van der Waals surface area (Å²) in [6.45, 7) is 6.64. The van der Waals surface area contributed by atoms with Crippen LogP contribution in [0.1, 0.15) is 45.6 Å². The van der Waals surface area contributed by atoms with Gasteiger partial charge in [-0.1, -0.05) is 12.0 Å². The number of hydrogen-bond donors (Lipinski definition) is 0.